The second-order valence-corrected chi connectivity index (χ2v) is 8.12. The van der Waals surface area contributed by atoms with E-state index in [1.54, 1.807) is 0 Å². The van der Waals surface area contributed by atoms with Crippen LogP contribution in [-0.2, 0) is 17.1 Å². The molecule has 4 nitrogen and oxygen atoms in total. The maximum atomic E-state index is 13.6. The molecule has 12 heteroatoms. The fourth-order valence-corrected chi connectivity index (χ4v) is 4.02. The fraction of sp³-hybridized carbons (Fsp3) is 0.200. The van der Waals surface area contributed by atoms with Gasteiger partial charge in [0, 0.05) is 20.4 Å². The predicted octanol–water partition coefficient (Wildman–Crippen LogP) is 7.01. The second-order valence-electron chi connectivity index (χ2n) is 6.44. The second kappa shape index (κ2) is 8.93. The summed E-state index contributed by atoms with van der Waals surface area (Å²) in [5.41, 5.74) is -3.98. The molecule has 32 heavy (non-hydrogen) atoms. The van der Waals surface area contributed by atoms with Gasteiger partial charge in [0.25, 0.3) is 0 Å². The molecule has 2 aromatic carbocycles. The van der Waals surface area contributed by atoms with Crippen LogP contribution in [0, 0.1) is 3.57 Å². The maximum absolute atomic E-state index is 13.6. The van der Waals surface area contributed by atoms with Crippen molar-refractivity contribution in [3.05, 3.63) is 68.0 Å². The van der Waals surface area contributed by atoms with E-state index in [2.05, 4.69) is 9.84 Å². The van der Waals surface area contributed by atoms with E-state index in [0.717, 1.165) is 18.3 Å². The molecule has 0 aliphatic carbocycles. The Morgan fingerprint density at radius 1 is 1.09 bits per heavy atom. The smallest absolute Gasteiger partial charge is 0.435 e. The highest BCUT2D eigenvalue weighted by Crippen LogP contribution is 2.39. The van der Waals surface area contributed by atoms with Crippen LogP contribution in [0.4, 0.5) is 26.3 Å². The topological polar surface area (TPSA) is 44.1 Å². The van der Waals surface area contributed by atoms with Gasteiger partial charge in [0.2, 0.25) is 0 Å². The molecule has 0 N–H and O–H groups in total. The Kier molecular flexibility index (Phi) is 6.80. The van der Waals surface area contributed by atoms with Gasteiger partial charge in [-0.25, -0.2) is 9.48 Å². The summed E-state index contributed by atoms with van der Waals surface area (Å²) >= 11 is 7.83. The van der Waals surface area contributed by atoms with Crippen LogP contribution >= 0.6 is 34.2 Å². The number of benzene rings is 2. The number of rotatable bonds is 4. The first kappa shape index (κ1) is 24.4. The lowest BCUT2D eigenvalue weighted by atomic mass is 10.1. The third kappa shape index (κ3) is 5.20. The van der Waals surface area contributed by atoms with Crippen molar-refractivity contribution in [2.75, 3.05) is 6.61 Å². The summed E-state index contributed by atoms with van der Waals surface area (Å²) in [6.45, 7) is 1.29. The number of nitrogens with zero attached hydrogens (tertiary/aromatic N) is 2. The number of alkyl halides is 6. The third-order valence-electron chi connectivity index (χ3n) is 4.22. The Hall–Kier alpha value is -2.28. The van der Waals surface area contributed by atoms with Crippen molar-refractivity contribution in [3.8, 4) is 16.8 Å². The zero-order chi connectivity index (χ0) is 23.8. The number of aromatic nitrogens is 2. The highest BCUT2D eigenvalue weighted by molar-refractivity contribution is 14.1. The maximum Gasteiger partial charge on any atom is 0.435 e. The highest BCUT2D eigenvalue weighted by Gasteiger charge is 2.39. The van der Waals surface area contributed by atoms with E-state index in [4.69, 9.17) is 11.6 Å². The first-order valence-electron chi connectivity index (χ1n) is 8.83. The molecule has 0 aliphatic heterocycles. The Labute approximate surface area is 196 Å². The summed E-state index contributed by atoms with van der Waals surface area (Å²) < 4.78 is 87.4. The van der Waals surface area contributed by atoms with Gasteiger partial charge >= 0.3 is 18.3 Å². The average molecular weight is 589 g/mol. The van der Waals surface area contributed by atoms with Crippen LogP contribution in [-0.4, -0.2) is 22.4 Å². The molecule has 0 saturated heterocycles. The summed E-state index contributed by atoms with van der Waals surface area (Å²) in [6, 6.07) is 6.71. The first-order valence-corrected chi connectivity index (χ1v) is 10.3. The van der Waals surface area contributed by atoms with Gasteiger partial charge in [-0.3, -0.25) is 0 Å². The zero-order valence-electron chi connectivity index (χ0n) is 16.0. The van der Waals surface area contributed by atoms with Gasteiger partial charge in [-0.15, -0.1) is 0 Å². The molecule has 0 radical (unpaired) electrons. The number of carbonyl (C=O) groups is 1. The van der Waals surface area contributed by atoms with Crippen LogP contribution in [0.1, 0.15) is 28.5 Å². The number of halogens is 8. The van der Waals surface area contributed by atoms with Crippen LogP contribution in [0.3, 0.4) is 0 Å². The molecule has 0 aliphatic rings. The monoisotopic (exact) mass is 588 g/mol. The minimum Gasteiger partial charge on any atom is -0.462 e. The molecule has 0 atom stereocenters. The number of hydrogen-bond donors (Lipinski definition) is 0. The Balaban J connectivity index is 2.20. The van der Waals surface area contributed by atoms with Crippen molar-refractivity contribution >= 4 is 40.2 Å². The van der Waals surface area contributed by atoms with Crippen LogP contribution in [0.2, 0.25) is 5.02 Å². The van der Waals surface area contributed by atoms with Gasteiger partial charge in [0.1, 0.15) is 0 Å². The summed E-state index contributed by atoms with van der Waals surface area (Å²) in [6.07, 6.45) is -8.87. The molecule has 1 heterocycles. The van der Waals surface area contributed by atoms with Crippen molar-refractivity contribution < 1.29 is 35.9 Å². The molecular weight excluding hydrogens is 577 g/mol. The minimum atomic E-state index is -4.95. The van der Waals surface area contributed by atoms with Crippen LogP contribution in [0.15, 0.2) is 42.6 Å². The van der Waals surface area contributed by atoms with Crippen LogP contribution < -0.4 is 0 Å². The Morgan fingerprint density at radius 3 is 2.34 bits per heavy atom. The largest absolute Gasteiger partial charge is 0.462 e. The van der Waals surface area contributed by atoms with E-state index >= 15 is 0 Å². The number of esters is 1. The summed E-state index contributed by atoms with van der Waals surface area (Å²) in [7, 11) is 0. The van der Waals surface area contributed by atoms with Crippen molar-refractivity contribution in [1.29, 1.82) is 0 Å². The third-order valence-corrected chi connectivity index (χ3v) is 5.07. The van der Waals surface area contributed by atoms with Gasteiger partial charge < -0.3 is 4.74 Å². The van der Waals surface area contributed by atoms with Crippen molar-refractivity contribution in [2.24, 2.45) is 0 Å². The Bertz CT molecular complexity index is 1150. The molecule has 170 valence electrons. The summed E-state index contributed by atoms with van der Waals surface area (Å²) in [5, 5.41) is 3.67. The molecule has 0 amide bonds. The van der Waals surface area contributed by atoms with Gasteiger partial charge in [-0.1, -0.05) is 11.6 Å². The van der Waals surface area contributed by atoms with E-state index < -0.39 is 35.1 Å². The van der Waals surface area contributed by atoms with Crippen molar-refractivity contribution in [3.63, 3.8) is 0 Å². The minimum absolute atomic E-state index is 0.0969. The van der Waals surface area contributed by atoms with Crippen LogP contribution in [0.25, 0.3) is 16.8 Å². The molecule has 0 saturated carbocycles. The summed E-state index contributed by atoms with van der Waals surface area (Å²) in [5.74, 6) is -1.20. The molecule has 3 aromatic rings. The molecule has 0 spiro atoms. The van der Waals surface area contributed by atoms with Gasteiger partial charge in [0.15, 0.2) is 5.69 Å². The lowest BCUT2D eigenvalue weighted by molar-refractivity contribution is -0.141. The van der Waals surface area contributed by atoms with E-state index in [0.29, 0.717) is 14.3 Å². The predicted molar refractivity (Wildman–Crippen MR) is 113 cm³/mol. The van der Waals surface area contributed by atoms with Gasteiger partial charge in [-0.05, 0) is 71.5 Å². The lowest BCUT2D eigenvalue weighted by Crippen LogP contribution is -2.16. The SMILES string of the molecule is CCOC(=O)c1ccc(-n2cc(-c3cc(Cl)cc(I)c3)c(C(F)(F)F)n2)cc1C(F)(F)F. The normalized spacial score (nSPS) is 12.2. The van der Waals surface area contributed by atoms with E-state index in [9.17, 15) is 31.1 Å². The first-order chi connectivity index (χ1) is 14.8. The molecular formula is C20H12ClF6IN2O2. The van der Waals surface area contributed by atoms with E-state index in [1.807, 2.05) is 22.6 Å². The highest BCUT2D eigenvalue weighted by atomic mass is 127. The molecule has 0 fully saturated rings. The molecule has 3 rings (SSSR count). The summed E-state index contributed by atoms with van der Waals surface area (Å²) in [4.78, 5) is 11.9. The van der Waals surface area contributed by atoms with Gasteiger partial charge in [-0.2, -0.15) is 31.4 Å². The lowest BCUT2D eigenvalue weighted by Gasteiger charge is -2.14. The van der Waals surface area contributed by atoms with E-state index in [1.165, 1.54) is 25.1 Å². The number of carbonyl (C=O) groups excluding carboxylic acids is 1. The van der Waals surface area contributed by atoms with Crippen molar-refractivity contribution in [2.45, 2.75) is 19.3 Å². The zero-order valence-corrected chi connectivity index (χ0v) is 18.9. The number of ether oxygens (including phenoxy) is 1. The number of hydrogen-bond acceptors (Lipinski definition) is 3. The average Bonchev–Trinajstić information content (AvgIpc) is 3.12. The van der Waals surface area contributed by atoms with Crippen LogP contribution in [0.5, 0.6) is 0 Å². The molecule has 0 bridgehead atoms. The molecule has 0 unspecified atom stereocenters. The van der Waals surface area contributed by atoms with Gasteiger partial charge in [0.05, 0.1) is 23.4 Å². The Morgan fingerprint density at radius 2 is 1.78 bits per heavy atom. The quantitative estimate of drug-likeness (QED) is 0.187. The fourth-order valence-electron chi connectivity index (χ4n) is 2.93. The van der Waals surface area contributed by atoms with E-state index in [-0.39, 0.29) is 28.4 Å². The standard InChI is InChI=1S/C20H12ClF6IN2O2/c1-2-32-18(31)14-4-3-13(8-16(14)19(22,23)24)30-9-15(17(29-30)20(25,26)27)10-5-11(21)7-12(28)6-10/h3-9H,2H2,1H3. The van der Waals surface area contributed by atoms with Crippen molar-refractivity contribution in [1.82, 2.24) is 9.78 Å². The molecule has 1 aromatic heterocycles.